The summed E-state index contributed by atoms with van der Waals surface area (Å²) in [6, 6.07) is -1.00. The third-order valence-corrected chi connectivity index (χ3v) is 3.92. The first kappa shape index (κ1) is 18.2. The molecular formula is C16H26N4O4. The second-order valence-corrected chi connectivity index (χ2v) is 7.48. The summed E-state index contributed by atoms with van der Waals surface area (Å²) in [5, 5.41) is 17.5. The molecule has 0 saturated carbocycles. The van der Waals surface area contributed by atoms with E-state index in [2.05, 4.69) is 10.3 Å². The van der Waals surface area contributed by atoms with Crippen LogP contribution in [0.2, 0.25) is 0 Å². The molecule has 0 aromatic carbocycles. The zero-order valence-corrected chi connectivity index (χ0v) is 14.9. The van der Waals surface area contributed by atoms with Gasteiger partial charge in [0.05, 0.1) is 12.2 Å². The minimum atomic E-state index is -0.947. The van der Waals surface area contributed by atoms with Gasteiger partial charge in [0, 0.05) is 6.54 Å². The fourth-order valence-electron chi connectivity index (χ4n) is 2.90. The maximum Gasteiger partial charge on any atom is 0.410 e. The van der Waals surface area contributed by atoms with Gasteiger partial charge in [0.2, 0.25) is 0 Å². The molecule has 0 aliphatic carbocycles. The number of amides is 1. The van der Waals surface area contributed by atoms with E-state index in [0.717, 1.165) is 12.8 Å². The van der Waals surface area contributed by atoms with Crippen molar-refractivity contribution < 1.29 is 19.4 Å². The predicted octanol–water partition coefficient (Wildman–Crippen LogP) is 2.63. The Balaban J connectivity index is 2.19. The normalized spacial score (nSPS) is 19.6. The lowest BCUT2D eigenvalue weighted by Crippen LogP contribution is -2.36. The predicted molar refractivity (Wildman–Crippen MR) is 86.4 cm³/mol. The number of carbonyl (C=O) groups excluding carboxylic acids is 1. The number of nitrogens with zero attached hydrogens (tertiary/aromatic N) is 4. The number of likely N-dealkylation sites (tertiary alicyclic amines) is 1. The molecule has 8 nitrogen and oxygen atoms in total. The van der Waals surface area contributed by atoms with Crippen LogP contribution in [0.3, 0.4) is 0 Å². The number of carbonyl (C=O) groups is 2. The van der Waals surface area contributed by atoms with Gasteiger partial charge >= 0.3 is 12.1 Å². The number of ether oxygens (including phenoxy) is 1. The molecule has 134 valence electrons. The average Bonchev–Trinajstić information content (AvgIpc) is 3.02. The van der Waals surface area contributed by atoms with Gasteiger partial charge in [-0.15, -0.1) is 5.10 Å². The number of carboxylic acid groups (broad SMARTS) is 1. The molecule has 1 saturated heterocycles. The molecule has 1 N–H and O–H groups in total. The molecule has 8 heteroatoms. The quantitative estimate of drug-likeness (QED) is 0.906. The number of aliphatic carboxylic acids is 1. The Labute approximate surface area is 141 Å². The number of hydrogen-bond donors (Lipinski definition) is 1. The van der Waals surface area contributed by atoms with Gasteiger partial charge in [0.15, 0.2) is 6.04 Å². The summed E-state index contributed by atoms with van der Waals surface area (Å²) < 4.78 is 6.81. The average molecular weight is 338 g/mol. The minimum absolute atomic E-state index is 0.123. The number of rotatable bonds is 4. The number of aromatic nitrogens is 3. The van der Waals surface area contributed by atoms with Crippen molar-refractivity contribution in [2.24, 2.45) is 5.92 Å². The van der Waals surface area contributed by atoms with Crippen LogP contribution >= 0.6 is 0 Å². The maximum absolute atomic E-state index is 12.4. The first-order valence-electron chi connectivity index (χ1n) is 8.24. The van der Waals surface area contributed by atoms with Crippen molar-refractivity contribution in [2.75, 3.05) is 6.54 Å². The van der Waals surface area contributed by atoms with Crippen molar-refractivity contribution in [3.05, 3.63) is 11.9 Å². The Morgan fingerprint density at radius 2 is 2.04 bits per heavy atom. The molecule has 2 rings (SSSR count). The van der Waals surface area contributed by atoms with Gasteiger partial charge < -0.3 is 9.84 Å². The monoisotopic (exact) mass is 338 g/mol. The van der Waals surface area contributed by atoms with Gasteiger partial charge in [0.1, 0.15) is 11.3 Å². The highest BCUT2D eigenvalue weighted by Crippen LogP contribution is 2.32. The van der Waals surface area contributed by atoms with Crippen molar-refractivity contribution >= 4 is 12.1 Å². The van der Waals surface area contributed by atoms with Crippen LogP contribution in [0, 0.1) is 5.92 Å². The molecule has 2 heterocycles. The molecule has 0 spiro atoms. The van der Waals surface area contributed by atoms with E-state index < -0.39 is 17.6 Å². The van der Waals surface area contributed by atoms with E-state index in [1.165, 1.54) is 4.68 Å². The second kappa shape index (κ2) is 6.78. The van der Waals surface area contributed by atoms with Gasteiger partial charge in [-0.1, -0.05) is 19.1 Å². The molecule has 0 bridgehead atoms. The highest BCUT2D eigenvalue weighted by Gasteiger charge is 2.35. The van der Waals surface area contributed by atoms with Crippen molar-refractivity contribution in [1.29, 1.82) is 0 Å². The lowest BCUT2D eigenvalue weighted by Gasteiger charge is -2.27. The number of hydrogen-bond acceptors (Lipinski definition) is 5. The van der Waals surface area contributed by atoms with Gasteiger partial charge in [-0.3, -0.25) is 4.90 Å². The van der Waals surface area contributed by atoms with Crippen LogP contribution in [0.25, 0.3) is 0 Å². The fourth-order valence-corrected chi connectivity index (χ4v) is 2.90. The van der Waals surface area contributed by atoms with Crippen molar-refractivity contribution in [1.82, 2.24) is 19.9 Å². The summed E-state index contributed by atoms with van der Waals surface area (Å²) in [7, 11) is 0. The van der Waals surface area contributed by atoms with Crippen LogP contribution in [0.1, 0.15) is 65.2 Å². The summed E-state index contributed by atoms with van der Waals surface area (Å²) in [5.41, 5.74) is 0.0405. The first-order chi connectivity index (χ1) is 11.1. The largest absolute Gasteiger partial charge is 0.480 e. The fraction of sp³-hybridized carbons (Fsp3) is 0.750. The van der Waals surface area contributed by atoms with E-state index in [0.29, 0.717) is 12.2 Å². The summed E-state index contributed by atoms with van der Waals surface area (Å²) in [5.74, 6) is -1.07. The summed E-state index contributed by atoms with van der Waals surface area (Å²) in [6.45, 7) is 9.72. The third-order valence-electron chi connectivity index (χ3n) is 3.92. The molecule has 1 aliphatic rings. The van der Waals surface area contributed by atoms with E-state index >= 15 is 0 Å². The Morgan fingerprint density at radius 3 is 2.58 bits per heavy atom. The standard InChI is InChI=1S/C16H26N4O4/c1-10(2)13(14(21)22)20-9-11(17-18-20)12-7-6-8-19(12)15(23)24-16(3,4)5/h9-10,12-13H,6-8H2,1-5H3,(H,21,22)/t12-,13-/m0/s1. The van der Waals surface area contributed by atoms with E-state index in [1.807, 2.05) is 34.6 Å². The van der Waals surface area contributed by atoms with Gasteiger partial charge in [-0.05, 0) is 39.5 Å². The van der Waals surface area contributed by atoms with E-state index in [1.54, 1.807) is 11.1 Å². The Bertz CT molecular complexity index is 605. The molecule has 1 aromatic heterocycles. The van der Waals surface area contributed by atoms with Crippen LogP contribution in [0.5, 0.6) is 0 Å². The molecule has 1 fully saturated rings. The molecule has 24 heavy (non-hydrogen) atoms. The van der Waals surface area contributed by atoms with Crippen LogP contribution < -0.4 is 0 Å². The van der Waals surface area contributed by atoms with Crippen LogP contribution in [0.15, 0.2) is 6.20 Å². The Hall–Kier alpha value is -2.12. The highest BCUT2D eigenvalue weighted by atomic mass is 16.6. The van der Waals surface area contributed by atoms with Crippen molar-refractivity contribution in [3.63, 3.8) is 0 Å². The molecule has 1 aromatic rings. The number of carboxylic acids is 1. The van der Waals surface area contributed by atoms with Gasteiger partial charge in [-0.2, -0.15) is 0 Å². The van der Waals surface area contributed by atoms with E-state index in [-0.39, 0.29) is 18.1 Å². The van der Waals surface area contributed by atoms with Crippen molar-refractivity contribution in [2.45, 2.75) is 65.1 Å². The first-order valence-corrected chi connectivity index (χ1v) is 8.24. The third kappa shape index (κ3) is 4.04. The lowest BCUT2D eigenvalue weighted by atomic mass is 10.1. The second-order valence-electron chi connectivity index (χ2n) is 7.48. The zero-order chi connectivity index (χ0) is 18.1. The topological polar surface area (TPSA) is 97.5 Å². The van der Waals surface area contributed by atoms with Gasteiger partial charge in [0.25, 0.3) is 0 Å². The lowest BCUT2D eigenvalue weighted by molar-refractivity contribution is -0.142. The molecule has 1 aliphatic heterocycles. The Kier molecular flexibility index (Phi) is 5.15. The smallest absolute Gasteiger partial charge is 0.410 e. The molecular weight excluding hydrogens is 312 g/mol. The van der Waals surface area contributed by atoms with Crippen LogP contribution in [0.4, 0.5) is 4.79 Å². The highest BCUT2D eigenvalue weighted by molar-refractivity contribution is 5.72. The summed E-state index contributed by atoms with van der Waals surface area (Å²) >= 11 is 0. The zero-order valence-electron chi connectivity index (χ0n) is 14.9. The van der Waals surface area contributed by atoms with Gasteiger partial charge in [-0.25, -0.2) is 14.3 Å². The van der Waals surface area contributed by atoms with E-state index in [9.17, 15) is 14.7 Å². The Morgan fingerprint density at radius 1 is 1.38 bits per heavy atom. The summed E-state index contributed by atoms with van der Waals surface area (Å²) in [4.78, 5) is 25.4. The minimum Gasteiger partial charge on any atom is -0.480 e. The molecule has 0 unspecified atom stereocenters. The van der Waals surface area contributed by atoms with Crippen LogP contribution in [-0.2, 0) is 9.53 Å². The molecule has 2 atom stereocenters. The van der Waals surface area contributed by atoms with Crippen LogP contribution in [-0.4, -0.2) is 49.2 Å². The molecule has 0 radical (unpaired) electrons. The maximum atomic E-state index is 12.4. The van der Waals surface area contributed by atoms with E-state index in [4.69, 9.17) is 4.74 Å². The van der Waals surface area contributed by atoms with Crippen molar-refractivity contribution in [3.8, 4) is 0 Å². The summed E-state index contributed by atoms with van der Waals surface area (Å²) in [6.07, 6.45) is 2.87. The SMILES string of the molecule is CC(C)[C@@H](C(=O)O)n1cc([C@@H]2CCCN2C(=O)OC(C)(C)C)nn1. The molecule has 1 amide bonds.